The molecular weight excluding hydrogens is 378 g/mol. The average Bonchev–Trinajstić information content (AvgIpc) is 2.77. The van der Waals surface area contributed by atoms with Gasteiger partial charge in [-0.15, -0.1) is 0 Å². The predicted octanol–water partition coefficient (Wildman–Crippen LogP) is 3.10. The maximum absolute atomic E-state index is 12.6. The summed E-state index contributed by atoms with van der Waals surface area (Å²) in [5.74, 6) is 1.81. The van der Waals surface area contributed by atoms with E-state index in [1.807, 2.05) is 63.2 Å². The molecule has 0 spiro atoms. The van der Waals surface area contributed by atoms with Crippen LogP contribution in [-0.2, 0) is 4.79 Å². The second-order valence-corrected chi connectivity index (χ2v) is 7.56. The number of ether oxygens (including phenoxy) is 2. The quantitative estimate of drug-likeness (QED) is 0.643. The van der Waals surface area contributed by atoms with E-state index in [1.54, 1.807) is 0 Å². The lowest BCUT2D eigenvalue weighted by molar-refractivity contribution is -0.126. The second-order valence-electron chi connectivity index (χ2n) is 7.56. The molecule has 1 atom stereocenters. The Balaban J connectivity index is 1.42. The molecule has 1 amide bonds. The van der Waals surface area contributed by atoms with Crippen molar-refractivity contribution in [2.45, 2.75) is 26.8 Å². The minimum atomic E-state index is -0.159. The van der Waals surface area contributed by atoms with Crippen molar-refractivity contribution < 1.29 is 14.3 Å². The molecule has 0 saturated carbocycles. The van der Waals surface area contributed by atoms with E-state index in [0.717, 1.165) is 48.9 Å². The molecule has 1 aliphatic rings. The van der Waals surface area contributed by atoms with Crippen LogP contribution in [0, 0.1) is 6.92 Å². The summed E-state index contributed by atoms with van der Waals surface area (Å²) < 4.78 is 11.5. The number of nitrogens with one attached hydrogen (secondary N) is 1. The second kappa shape index (κ2) is 10.9. The van der Waals surface area contributed by atoms with Gasteiger partial charge in [-0.05, 0) is 50.6 Å². The predicted molar refractivity (Wildman–Crippen MR) is 121 cm³/mol. The maximum atomic E-state index is 12.6. The average molecular weight is 412 g/mol. The summed E-state index contributed by atoms with van der Waals surface area (Å²) in [6.45, 7) is 11.1. The van der Waals surface area contributed by atoms with Gasteiger partial charge < -0.3 is 19.7 Å². The largest absolute Gasteiger partial charge is 0.492 e. The van der Waals surface area contributed by atoms with Crippen LogP contribution in [0.3, 0.4) is 0 Å². The van der Waals surface area contributed by atoms with Crippen molar-refractivity contribution in [3.63, 3.8) is 0 Å². The topological polar surface area (TPSA) is 54.0 Å². The maximum Gasteiger partial charge on any atom is 0.237 e. The number of anilines is 1. The summed E-state index contributed by atoms with van der Waals surface area (Å²) in [5, 5.41) is 2.99. The molecular formula is C24H33N3O3. The van der Waals surface area contributed by atoms with E-state index in [-0.39, 0.29) is 11.9 Å². The summed E-state index contributed by atoms with van der Waals surface area (Å²) >= 11 is 0. The van der Waals surface area contributed by atoms with Gasteiger partial charge >= 0.3 is 0 Å². The molecule has 1 unspecified atom stereocenters. The molecule has 1 saturated heterocycles. The summed E-state index contributed by atoms with van der Waals surface area (Å²) in [6.07, 6.45) is 0. The number of carbonyl (C=O) groups excluding carboxylic acids is 1. The van der Waals surface area contributed by atoms with E-state index >= 15 is 0 Å². The summed E-state index contributed by atoms with van der Waals surface area (Å²) in [6, 6.07) is 15.9. The Morgan fingerprint density at radius 2 is 1.83 bits per heavy atom. The van der Waals surface area contributed by atoms with Gasteiger partial charge in [-0.25, -0.2) is 0 Å². The van der Waals surface area contributed by atoms with Crippen molar-refractivity contribution >= 4 is 11.6 Å². The molecule has 1 N–H and O–H groups in total. The molecule has 6 heteroatoms. The van der Waals surface area contributed by atoms with Gasteiger partial charge in [0, 0.05) is 26.2 Å². The van der Waals surface area contributed by atoms with E-state index in [9.17, 15) is 4.79 Å². The third kappa shape index (κ3) is 5.89. The molecule has 1 fully saturated rings. The Labute approximate surface area is 179 Å². The lowest BCUT2D eigenvalue weighted by atomic mass is 10.2. The van der Waals surface area contributed by atoms with Crippen LogP contribution >= 0.6 is 0 Å². The highest BCUT2D eigenvalue weighted by atomic mass is 16.5. The first-order chi connectivity index (χ1) is 14.6. The van der Waals surface area contributed by atoms with Gasteiger partial charge in [-0.1, -0.05) is 24.3 Å². The standard InChI is InChI=1S/C24H33N3O3/c1-4-29-23-11-6-5-10-22(23)27-15-13-26(14-16-27)20(3)24(28)25-12-17-30-21-9-7-8-19(2)18-21/h5-11,18,20H,4,12-17H2,1-3H3,(H,25,28). The Morgan fingerprint density at radius 3 is 2.57 bits per heavy atom. The van der Waals surface area contributed by atoms with Crippen LogP contribution in [0.2, 0.25) is 0 Å². The lowest BCUT2D eigenvalue weighted by Gasteiger charge is -2.39. The molecule has 0 aliphatic carbocycles. The summed E-state index contributed by atoms with van der Waals surface area (Å²) in [4.78, 5) is 17.1. The highest BCUT2D eigenvalue weighted by Crippen LogP contribution is 2.29. The Kier molecular flexibility index (Phi) is 7.97. The molecule has 1 aliphatic heterocycles. The first-order valence-electron chi connectivity index (χ1n) is 10.8. The van der Waals surface area contributed by atoms with Crippen LogP contribution in [0.1, 0.15) is 19.4 Å². The van der Waals surface area contributed by atoms with Crippen LogP contribution in [0.4, 0.5) is 5.69 Å². The van der Waals surface area contributed by atoms with Crippen LogP contribution in [-0.4, -0.2) is 62.8 Å². The van der Waals surface area contributed by atoms with E-state index in [2.05, 4.69) is 21.2 Å². The van der Waals surface area contributed by atoms with Gasteiger partial charge in [0.1, 0.15) is 18.1 Å². The number of rotatable bonds is 9. The molecule has 1 heterocycles. The summed E-state index contributed by atoms with van der Waals surface area (Å²) in [7, 11) is 0. The SMILES string of the molecule is CCOc1ccccc1N1CCN(C(C)C(=O)NCCOc2cccc(C)c2)CC1. The highest BCUT2D eigenvalue weighted by Gasteiger charge is 2.26. The minimum Gasteiger partial charge on any atom is -0.492 e. The fourth-order valence-corrected chi connectivity index (χ4v) is 3.71. The number of hydrogen-bond acceptors (Lipinski definition) is 5. The van der Waals surface area contributed by atoms with Gasteiger partial charge in [0.25, 0.3) is 0 Å². The van der Waals surface area contributed by atoms with Crippen molar-refractivity contribution in [2.24, 2.45) is 0 Å². The first-order valence-corrected chi connectivity index (χ1v) is 10.8. The zero-order valence-electron chi connectivity index (χ0n) is 18.3. The van der Waals surface area contributed by atoms with Crippen molar-refractivity contribution in [1.82, 2.24) is 10.2 Å². The Bertz CT molecular complexity index is 819. The zero-order valence-corrected chi connectivity index (χ0v) is 18.3. The molecule has 2 aromatic carbocycles. The molecule has 2 aromatic rings. The molecule has 3 rings (SSSR count). The molecule has 0 radical (unpaired) electrons. The molecule has 0 aromatic heterocycles. The van der Waals surface area contributed by atoms with Gasteiger partial charge in [-0.2, -0.15) is 0 Å². The van der Waals surface area contributed by atoms with E-state index < -0.39 is 0 Å². The van der Waals surface area contributed by atoms with Gasteiger partial charge in [0.2, 0.25) is 5.91 Å². The number of hydrogen-bond donors (Lipinski definition) is 1. The molecule has 30 heavy (non-hydrogen) atoms. The van der Waals surface area contributed by atoms with Crippen molar-refractivity contribution in [1.29, 1.82) is 0 Å². The highest BCUT2D eigenvalue weighted by molar-refractivity contribution is 5.81. The molecule has 162 valence electrons. The van der Waals surface area contributed by atoms with Crippen molar-refractivity contribution in [3.05, 3.63) is 54.1 Å². The number of para-hydroxylation sites is 2. The van der Waals surface area contributed by atoms with Crippen LogP contribution in [0.15, 0.2) is 48.5 Å². The molecule has 0 bridgehead atoms. The lowest BCUT2D eigenvalue weighted by Crippen LogP contribution is -2.54. The Hall–Kier alpha value is -2.73. The Morgan fingerprint density at radius 1 is 1.07 bits per heavy atom. The first kappa shape index (κ1) is 22.0. The third-order valence-electron chi connectivity index (χ3n) is 5.41. The fourth-order valence-electron chi connectivity index (χ4n) is 3.71. The minimum absolute atomic E-state index is 0.0472. The number of nitrogens with zero attached hydrogens (tertiary/aromatic N) is 2. The smallest absolute Gasteiger partial charge is 0.237 e. The number of amides is 1. The van der Waals surface area contributed by atoms with Gasteiger partial charge in [0.15, 0.2) is 0 Å². The number of benzene rings is 2. The van der Waals surface area contributed by atoms with Crippen LogP contribution in [0.5, 0.6) is 11.5 Å². The summed E-state index contributed by atoms with van der Waals surface area (Å²) in [5.41, 5.74) is 2.29. The molecule has 6 nitrogen and oxygen atoms in total. The number of aryl methyl sites for hydroxylation is 1. The zero-order chi connectivity index (χ0) is 21.3. The van der Waals surface area contributed by atoms with Crippen molar-refractivity contribution in [3.8, 4) is 11.5 Å². The normalized spacial score (nSPS) is 15.5. The fraction of sp³-hybridized carbons (Fsp3) is 0.458. The van der Waals surface area contributed by atoms with E-state index in [1.165, 1.54) is 0 Å². The number of carbonyl (C=O) groups is 1. The van der Waals surface area contributed by atoms with Gasteiger partial charge in [-0.3, -0.25) is 9.69 Å². The monoisotopic (exact) mass is 411 g/mol. The van der Waals surface area contributed by atoms with E-state index in [4.69, 9.17) is 9.47 Å². The van der Waals surface area contributed by atoms with Crippen LogP contribution in [0.25, 0.3) is 0 Å². The third-order valence-corrected chi connectivity index (χ3v) is 5.41. The van der Waals surface area contributed by atoms with E-state index in [0.29, 0.717) is 19.8 Å². The van der Waals surface area contributed by atoms with Gasteiger partial charge in [0.05, 0.1) is 24.9 Å². The van der Waals surface area contributed by atoms with Crippen molar-refractivity contribution in [2.75, 3.05) is 50.8 Å². The number of piperazine rings is 1. The van der Waals surface area contributed by atoms with Crippen LogP contribution < -0.4 is 19.7 Å².